The van der Waals surface area contributed by atoms with Crippen LogP contribution in [0.3, 0.4) is 0 Å². The van der Waals surface area contributed by atoms with E-state index in [-0.39, 0.29) is 5.82 Å². The van der Waals surface area contributed by atoms with Crippen molar-refractivity contribution in [3.8, 4) is 0 Å². The number of nitrogens with zero attached hydrogens (tertiary/aromatic N) is 5. The Labute approximate surface area is 115 Å². The lowest BCUT2D eigenvalue weighted by molar-refractivity contribution is 0.601. The fourth-order valence-electron chi connectivity index (χ4n) is 2.15. The third-order valence-electron chi connectivity index (χ3n) is 3.08. The maximum atomic E-state index is 13.8. The van der Waals surface area contributed by atoms with E-state index in [0.29, 0.717) is 23.3 Å². The zero-order valence-corrected chi connectivity index (χ0v) is 11.3. The summed E-state index contributed by atoms with van der Waals surface area (Å²) in [5.41, 5.74) is 2.01. The van der Waals surface area contributed by atoms with Gasteiger partial charge >= 0.3 is 0 Å². The molecule has 1 aromatic carbocycles. The van der Waals surface area contributed by atoms with Crippen molar-refractivity contribution in [1.82, 2.24) is 19.5 Å². The van der Waals surface area contributed by atoms with Gasteiger partial charge in [-0.3, -0.25) is 4.57 Å². The van der Waals surface area contributed by atoms with Gasteiger partial charge in [0.15, 0.2) is 5.65 Å². The Morgan fingerprint density at radius 1 is 1.25 bits per heavy atom. The van der Waals surface area contributed by atoms with E-state index < -0.39 is 0 Å². The van der Waals surface area contributed by atoms with Crippen LogP contribution in [0.15, 0.2) is 36.8 Å². The Bertz CT molecular complexity index is 750. The molecule has 2 aromatic heterocycles. The van der Waals surface area contributed by atoms with Crippen LogP contribution in [0.4, 0.5) is 10.3 Å². The van der Waals surface area contributed by atoms with Crippen molar-refractivity contribution in [3.63, 3.8) is 0 Å². The van der Waals surface area contributed by atoms with Crippen molar-refractivity contribution in [3.05, 3.63) is 48.2 Å². The summed E-state index contributed by atoms with van der Waals surface area (Å²) in [7, 11) is 3.79. The summed E-state index contributed by atoms with van der Waals surface area (Å²) in [6.45, 7) is 0.383. The number of hydrogen-bond donors (Lipinski definition) is 0. The monoisotopic (exact) mass is 271 g/mol. The largest absolute Gasteiger partial charge is 0.348 e. The average molecular weight is 271 g/mol. The highest BCUT2D eigenvalue weighted by molar-refractivity contribution is 5.73. The van der Waals surface area contributed by atoms with Crippen LogP contribution in [0.1, 0.15) is 5.56 Å². The first kappa shape index (κ1) is 12.5. The van der Waals surface area contributed by atoms with Crippen LogP contribution in [0.5, 0.6) is 0 Å². The van der Waals surface area contributed by atoms with Gasteiger partial charge in [-0.15, -0.1) is 0 Å². The van der Waals surface area contributed by atoms with E-state index in [2.05, 4.69) is 15.0 Å². The second kappa shape index (κ2) is 4.88. The molecule has 3 aromatic rings. The van der Waals surface area contributed by atoms with Gasteiger partial charge in [0.2, 0.25) is 5.95 Å². The summed E-state index contributed by atoms with van der Waals surface area (Å²) >= 11 is 0. The number of benzene rings is 1. The number of imidazole rings is 1. The van der Waals surface area contributed by atoms with Gasteiger partial charge in [-0.05, 0) is 6.07 Å². The zero-order valence-electron chi connectivity index (χ0n) is 11.3. The van der Waals surface area contributed by atoms with E-state index in [4.69, 9.17) is 0 Å². The molecule has 0 aliphatic carbocycles. The number of aromatic nitrogens is 4. The van der Waals surface area contributed by atoms with Crippen LogP contribution in [0.25, 0.3) is 11.2 Å². The number of anilines is 1. The molecule has 5 nitrogen and oxygen atoms in total. The summed E-state index contributed by atoms with van der Waals surface area (Å²) in [5, 5.41) is 0. The number of rotatable bonds is 3. The lowest BCUT2D eigenvalue weighted by Crippen LogP contribution is -2.16. The van der Waals surface area contributed by atoms with E-state index in [1.807, 2.05) is 29.6 Å². The van der Waals surface area contributed by atoms with Crippen LogP contribution in [0.2, 0.25) is 0 Å². The van der Waals surface area contributed by atoms with Crippen LogP contribution < -0.4 is 4.90 Å². The molecule has 0 spiro atoms. The second-order valence-electron chi connectivity index (χ2n) is 4.72. The van der Waals surface area contributed by atoms with Crippen LogP contribution in [0, 0.1) is 5.82 Å². The minimum absolute atomic E-state index is 0.229. The molecule has 20 heavy (non-hydrogen) atoms. The molecule has 6 heteroatoms. The van der Waals surface area contributed by atoms with Gasteiger partial charge in [-0.2, -0.15) is 0 Å². The van der Waals surface area contributed by atoms with Crippen molar-refractivity contribution < 1.29 is 4.39 Å². The van der Waals surface area contributed by atoms with Gasteiger partial charge in [0.25, 0.3) is 0 Å². The second-order valence-corrected chi connectivity index (χ2v) is 4.72. The fourth-order valence-corrected chi connectivity index (χ4v) is 2.15. The number of fused-ring (bicyclic) bond motifs is 1. The molecule has 0 aliphatic heterocycles. The Morgan fingerprint density at radius 3 is 2.80 bits per heavy atom. The summed E-state index contributed by atoms with van der Waals surface area (Å²) in [6.07, 6.45) is 3.13. The highest BCUT2D eigenvalue weighted by Crippen LogP contribution is 2.21. The van der Waals surface area contributed by atoms with Crippen LogP contribution in [-0.2, 0) is 6.54 Å². The first-order chi connectivity index (χ1) is 9.66. The van der Waals surface area contributed by atoms with E-state index in [1.54, 1.807) is 18.3 Å². The van der Waals surface area contributed by atoms with Gasteiger partial charge < -0.3 is 4.90 Å². The normalized spacial score (nSPS) is 10.9. The van der Waals surface area contributed by atoms with E-state index in [0.717, 1.165) is 5.95 Å². The molecule has 0 radical (unpaired) electrons. The molecule has 0 atom stereocenters. The summed E-state index contributed by atoms with van der Waals surface area (Å²) < 4.78 is 15.7. The van der Waals surface area contributed by atoms with E-state index in [9.17, 15) is 4.39 Å². The predicted octanol–water partition coefficient (Wildman–Crippen LogP) is 2.08. The molecule has 0 N–H and O–H groups in total. The molecular weight excluding hydrogens is 257 g/mol. The van der Waals surface area contributed by atoms with Crippen molar-refractivity contribution in [2.24, 2.45) is 0 Å². The average Bonchev–Trinajstić information content (AvgIpc) is 2.81. The molecule has 3 rings (SSSR count). The summed E-state index contributed by atoms with van der Waals surface area (Å²) in [5.74, 6) is 0.497. The van der Waals surface area contributed by atoms with Crippen molar-refractivity contribution >= 4 is 17.1 Å². The van der Waals surface area contributed by atoms with Gasteiger partial charge in [-0.25, -0.2) is 19.3 Å². The standard InChI is InChI=1S/C14H14FN5/c1-19(2)14-18-12-7-16-9-17-13(12)20(14)8-10-5-3-4-6-11(10)15/h3-7,9H,8H2,1-2H3. The molecule has 0 saturated carbocycles. The van der Waals surface area contributed by atoms with Crippen molar-refractivity contribution in [2.45, 2.75) is 6.54 Å². The lowest BCUT2D eigenvalue weighted by Gasteiger charge is -2.14. The molecular formula is C14H14FN5. The Balaban J connectivity index is 2.14. The molecule has 2 heterocycles. The van der Waals surface area contributed by atoms with Crippen LogP contribution >= 0.6 is 0 Å². The Morgan fingerprint density at radius 2 is 2.05 bits per heavy atom. The first-order valence-electron chi connectivity index (χ1n) is 6.24. The summed E-state index contributed by atoms with van der Waals surface area (Å²) in [6, 6.07) is 6.72. The molecule has 0 amide bonds. The number of halogens is 1. The SMILES string of the molecule is CN(C)c1nc2cncnc2n1Cc1ccccc1F. The van der Waals surface area contributed by atoms with E-state index in [1.165, 1.54) is 12.4 Å². The highest BCUT2D eigenvalue weighted by atomic mass is 19.1. The van der Waals surface area contributed by atoms with Crippen molar-refractivity contribution in [1.29, 1.82) is 0 Å². The van der Waals surface area contributed by atoms with Crippen LogP contribution in [-0.4, -0.2) is 33.6 Å². The highest BCUT2D eigenvalue weighted by Gasteiger charge is 2.15. The third kappa shape index (κ3) is 2.09. The molecule has 0 bridgehead atoms. The molecule has 0 fully saturated rings. The molecule has 0 unspecified atom stereocenters. The third-order valence-corrected chi connectivity index (χ3v) is 3.08. The molecule has 0 aliphatic rings. The minimum atomic E-state index is -0.229. The lowest BCUT2D eigenvalue weighted by atomic mass is 10.2. The van der Waals surface area contributed by atoms with Crippen molar-refractivity contribution in [2.75, 3.05) is 19.0 Å². The maximum Gasteiger partial charge on any atom is 0.207 e. The maximum absolute atomic E-state index is 13.8. The summed E-state index contributed by atoms with van der Waals surface area (Å²) in [4.78, 5) is 14.6. The first-order valence-corrected chi connectivity index (χ1v) is 6.24. The minimum Gasteiger partial charge on any atom is -0.348 e. The van der Waals surface area contributed by atoms with E-state index >= 15 is 0 Å². The zero-order chi connectivity index (χ0) is 14.1. The number of hydrogen-bond acceptors (Lipinski definition) is 4. The fraction of sp³-hybridized carbons (Fsp3) is 0.214. The van der Waals surface area contributed by atoms with Gasteiger partial charge in [0, 0.05) is 19.7 Å². The quantitative estimate of drug-likeness (QED) is 0.731. The smallest absolute Gasteiger partial charge is 0.207 e. The Hall–Kier alpha value is -2.50. The Kier molecular flexibility index (Phi) is 3.06. The molecule has 102 valence electrons. The van der Waals surface area contributed by atoms with Gasteiger partial charge in [0.1, 0.15) is 17.7 Å². The topological polar surface area (TPSA) is 46.8 Å². The molecule has 0 saturated heterocycles. The predicted molar refractivity (Wildman–Crippen MR) is 75.2 cm³/mol. The van der Waals surface area contributed by atoms with Gasteiger partial charge in [-0.1, -0.05) is 18.2 Å². The van der Waals surface area contributed by atoms with Gasteiger partial charge in [0.05, 0.1) is 12.7 Å².